The molecule has 0 saturated heterocycles. The van der Waals surface area contributed by atoms with Crippen molar-refractivity contribution >= 4 is 23.3 Å². The van der Waals surface area contributed by atoms with E-state index in [2.05, 4.69) is 5.32 Å². The Labute approximate surface area is 128 Å². The summed E-state index contributed by atoms with van der Waals surface area (Å²) >= 11 is 1.58. The third kappa shape index (κ3) is 4.06. The van der Waals surface area contributed by atoms with Crippen LogP contribution in [0.5, 0.6) is 0 Å². The van der Waals surface area contributed by atoms with Gasteiger partial charge in [-0.2, -0.15) is 11.3 Å². The third-order valence-electron chi connectivity index (χ3n) is 3.20. The molecule has 2 aromatic heterocycles. The zero-order valence-electron chi connectivity index (χ0n) is 12.3. The lowest BCUT2D eigenvalue weighted by Crippen LogP contribution is -2.38. The fraction of sp³-hybridized carbons (Fsp3) is 0.312. The average Bonchev–Trinajstić information content (AvgIpc) is 3.04. The highest BCUT2D eigenvalue weighted by Crippen LogP contribution is 2.26. The Morgan fingerprint density at radius 3 is 2.86 bits per heavy atom. The fourth-order valence-corrected chi connectivity index (χ4v) is 2.75. The van der Waals surface area contributed by atoms with Crippen LogP contribution in [-0.4, -0.2) is 17.6 Å². The second-order valence-corrected chi connectivity index (χ2v) is 5.99. The topological polar surface area (TPSA) is 62.5 Å². The van der Waals surface area contributed by atoms with Crippen molar-refractivity contribution in [3.63, 3.8) is 0 Å². The number of carbonyl (C=O) groups excluding carboxylic acids is 1. The molecule has 0 spiro atoms. The van der Waals surface area contributed by atoms with Crippen LogP contribution in [0, 0.1) is 13.8 Å². The highest BCUT2D eigenvalue weighted by molar-refractivity contribution is 7.08. The lowest BCUT2D eigenvalue weighted by Gasteiger charge is -2.22. The molecule has 1 amide bonds. The van der Waals surface area contributed by atoms with Crippen LogP contribution >= 0.6 is 11.3 Å². The van der Waals surface area contributed by atoms with Gasteiger partial charge in [0.2, 0.25) is 5.91 Å². The normalized spacial score (nSPS) is 14.3. The highest BCUT2D eigenvalue weighted by atomic mass is 32.1. The molecular weight excluding hydrogens is 286 g/mol. The molecule has 5 heteroatoms. The molecule has 1 atom stereocenters. The molecule has 0 aliphatic rings. The Hall–Kier alpha value is -1.85. The Balaban J connectivity index is 1.95. The van der Waals surface area contributed by atoms with Crippen LogP contribution in [0.15, 0.2) is 33.4 Å². The largest absolute Gasteiger partial charge is 0.466 e. The molecule has 1 unspecified atom stereocenters. The van der Waals surface area contributed by atoms with Crippen molar-refractivity contribution in [3.05, 3.63) is 51.6 Å². The maximum atomic E-state index is 11.8. The second-order valence-electron chi connectivity index (χ2n) is 5.21. The first-order valence-electron chi connectivity index (χ1n) is 6.66. The lowest BCUT2D eigenvalue weighted by atomic mass is 9.96. The monoisotopic (exact) mass is 305 g/mol. The summed E-state index contributed by atoms with van der Waals surface area (Å²) < 4.78 is 5.42. The molecule has 2 heterocycles. The van der Waals surface area contributed by atoms with Crippen LogP contribution in [0.3, 0.4) is 0 Å². The zero-order valence-corrected chi connectivity index (χ0v) is 13.2. The number of furan rings is 1. The van der Waals surface area contributed by atoms with Crippen LogP contribution in [0.4, 0.5) is 0 Å². The summed E-state index contributed by atoms with van der Waals surface area (Å²) in [5.41, 5.74) is 0.526. The van der Waals surface area contributed by atoms with E-state index in [0.29, 0.717) is 11.3 Å². The number of aliphatic hydroxyl groups is 1. The Kier molecular flexibility index (Phi) is 4.65. The number of rotatable bonds is 5. The van der Waals surface area contributed by atoms with Gasteiger partial charge in [0.15, 0.2) is 0 Å². The molecule has 4 nitrogen and oxygen atoms in total. The molecule has 2 N–H and O–H groups in total. The quantitative estimate of drug-likeness (QED) is 0.835. The van der Waals surface area contributed by atoms with E-state index in [4.69, 9.17) is 4.42 Å². The number of hydrogen-bond donors (Lipinski definition) is 2. The van der Waals surface area contributed by atoms with Crippen LogP contribution in [-0.2, 0) is 10.4 Å². The summed E-state index contributed by atoms with van der Waals surface area (Å²) in [5, 5.41) is 17.1. The lowest BCUT2D eigenvalue weighted by molar-refractivity contribution is -0.117. The number of thiophene rings is 1. The smallest absolute Gasteiger partial charge is 0.244 e. The zero-order chi connectivity index (χ0) is 15.5. The van der Waals surface area contributed by atoms with Gasteiger partial charge in [0.25, 0.3) is 0 Å². The maximum Gasteiger partial charge on any atom is 0.244 e. The molecular formula is C16H19NO3S. The van der Waals surface area contributed by atoms with Gasteiger partial charge in [-0.05, 0) is 55.3 Å². The first kappa shape index (κ1) is 15.5. The Bertz CT molecular complexity index is 639. The minimum Gasteiger partial charge on any atom is -0.466 e. The molecule has 0 aromatic carbocycles. The molecule has 2 aromatic rings. The predicted molar refractivity (Wildman–Crippen MR) is 84.1 cm³/mol. The molecule has 0 radical (unpaired) electrons. The van der Waals surface area contributed by atoms with Gasteiger partial charge >= 0.3 is 0 Å². The average molecular weight is 305 g/mol. The summed E-state index contributed by atoms with van der Waals surface area (Å²) in [6.45, 7) is 5.41. The van der Waals surface area contributed by atoms with E-state index in [1.54, 1.807) is 37.3 Å². The van der Waals surface area contributed by atoms with Gasteiger partial charge in [0, 0.05) is 11.6 Å². The van der Waals surface area contributed by atoms with E-state index in [1.807, 2.05) is 23.8 Å². The van der Waals surface area contributed by atoms with Gasteiger partial charge in [-0.25, -0.2) is 0 Å². The summed E-state index contributed by atoms with van der Waals surface area (Å²) in [7, 11) is 0. The van der Waals surface area contributed by atoms with E-state index in [9.17, 15) is 9.90 Å². The molecule has 0 bridgehead atoms. The van der Waals surface area contributed by atoms with E-state index in [0.717, 1.165) is 11.3 Å². The minimum atomic E-state index is -1.16. The molecule has 112 valence electrons. The van der Waals surface area contributed by atoms with Crippen molar-refractivity contribution < 1.29 is 14.3 Å². The number of amides is 1. The van der Waals surface area contributed by atoms with E-state index in [1.165, 1.54) is 6.08 Å². The third-order valence-corrected chi connectivity index (χ3v) is 3.90. The van der Waals surface area contributed by atoms with Gasteiger partial charge in [0.05, 0.1) is 6.54 Å². The molecule has 2 rings (SSSR count). The number of aryl methyl sites for hydroxylation is 2. The molecule has 0 aliphatic heterocycles. The second kappa shape index (κ2) is 6.28. The number of hydrogen-bond acceptors (Lipinski definition) is 4. The van der Waals surface area contributed by atoms with Crippen LogP contribution < -0.4 is 5.32 Å². The maximum absolute atomic E-state index is 11.8. The van der Waals surface area contributed by atoms with Crippen molar-refractivity contribution in [2.24, 2.45) is 0 Å². The number of nitrogens with one attached hydrogen (secondary N) is 1. The molecule has 0 aliphatic carbocycles. The molecule has 21 heavy (non-hydrogen) atoms. The van der Waals surface area contributed by atoms with Gasteiger partial charge in [0.1, 0.15) is 17.1 Å². The van der Waals surface area contributed by atoms with Crippen LogP contribution in [0.2, 0.25) is 0 Å². The van der Waals surface area contributed by atoms with Crippen molar-refractivity contribution in [3.8, 4) is 0 Å². The molecule has 0 fully saturated rings. The van der Waals surface area contributed by atoms with Crippen molar-refractivity contribution in [2.75, 3.05) is 6.54 Å². The van der Waals surface area contributed by atoms with Crippen molar-refractivity contribution in [2.45, 2.75) is 26.4 Å². The first-order chi connectivity index (χ1) is 9.88. The van der Waals surface area contributed by atoms with Crippen molar-refractivity contribution in [1.29, 1.82) is 0 Å². The molecule has 0 saturated carbocycles. The van der Waals surface area contributed by atoms with Crippen LogP contribution in [0.25, 0.3) is 6.08 Å². The van der Waals surface area contributed by atoms with E-state index in [-0.39, 0.29) is 12.5 Å². The minimum absolute atomic E-state index is 0.125. The van der Waals surface area contributed by atoms with Gasteiger partial charge in [-0.15, -0.1) is 0 Å². The number of carbonyl (C=O) groups is 1. The van der Waals surface area contributed by atoms with E-state index < -0.39 is 5.60 Å². The SMILES string of the molecule is Cc1cc(C(C)(O)CNC(=O)/C=C/c2ccsc2)c(C)o1. The first-order valence-corrected chi connectivity index (χ1v) is 7.61. The van der Waals surface area contributed by atoms with E-state index >= 15 is 0 Å². The summed E-state index contributed by atoms with van der Waals surface area (Å²) in [5.74, 6) is 1.17. The highest BCUT2D eigenvalue weighted by Gasteiger charge is 2.27. The van der Waals surface area contributed by atoms with Gasteiger partial charge < -0.3 is 14.8 Å². The fourth-order valence-electron chi connectivity index (χ4n) is 2.12. The van der Waals surface area contributed by atoms with Gasteiger partial charge in [-0.3, -0.25) is 4.79 Å². The summed E-state index contributed by atoms with van der Waals surface area (Å²) in [4.78, 5) is 11.8. The van der Waals surface area contributed by atoms with Crippen molar-refractivity contribution in [1.82, 2.24) is 5.32 Å². The standard InChI is InChI=1S/C16H19NO3S/c1-11-8-14(12(2)20-11)16(3,19)10-17-15(18)5-4-13-6-7-21-9-13/h4-9,19H,10H2,1-3H3,(H,17,18)/b5-4+. The Morgan fingerprint density at radius 1 is 1.52 bits per heavy atom. The summed E-state index contributed by atoms with van der Waals surface area (Å²) in [6, 6.07) is 3.73. The predicted octanol–water partition coefficient (Wildman–Crippen LogP) is 3.00. The van der Waals surface area contributed by atoms with Gasteiger partial charge in [-0.1, -0.05) is 0 Å². The summed E-state index contributed by atoms with van der Waals surface area (Å²) in [6.07, 6.45) is 3.21. The Morgan fingerprint density at radius 2 is 2.29 bits per heavy atom. The van der Waals surface area contributed by atoms with Crippen LogP contribution in [0.1, 0.15) is 29.6 Å².